The van der Waals surface area contributed by atoms with Gasteiger partial charge in [-0.2, -0.15) is 13.2 Å². The molecule has 1 aromatic carbocycles. The molecule has 0 bridgehead atoms. The molecule has 2 N–H and O–H groups in total. The number of aryl methyl sites for hydroxylation is 1. The average Bonchev–Trinajstić information content (AvgIpc) is 4.19. The maximum atomic E-state index is 14.9. The van der Waals surface area contributed by atoms with Gasteiger partial charge in [0.2, 0.25) is 27.7 Å². The number of nitrogens with one attached hydrogen (secondary N) is 2. The van der Waals surface area contributed by atoms with Crippen molar-refractivity contribution in [1.82, 2.24) is 29.8 Å². The summed E-state index contributed by atoms with van der Waals surface area (Å²) in [6, 6.07) is 9.60. The highest BCUT2D eigenvalue weighted by Gasteiger charge is 2.62. The van der Waals surface area contributed by atoms with E-state index in [2.05, 4.69) is 15.0 Å². The average molecular weight is 895 g/mol. The maximum Gasteiger partial charge on any atom is 0.391 e. The van der Waals surface area contributed by atoms with Gasteiger partial charge in [0, 0.05) is 61.0 Å². The fourth-order valence-electron chi connectivity index (χ4n) is 9.30. The van der Waals surface area contributed by atoms with Gasteiger partial charge in [0.25, 0.3) is 5.91 Å². The number of hydrogen-bond donors (Lipinski definition) is 2. The lowest BCUT2D eigenvalue weighted by Crippen LogP contribution is -2.57. The monoisotopic (exact) mass is 894 g/mol. The van der Waals surface area contributed by atoms with Crippen molar-refractivity contribution in [2.75, 3.05) is 26.7 Å². The van der Waals surface area contributed by atoms with Crippen LogP contribution in [-0.2, 0) is 29.2 Å². The number of fused-ring (bicyclic) bond motifs is 3. The Bertz CT molecular complexity index is 2390. The van der Waals surface area contributed by atoms with Crippen LogP contribution in [0.2, 0.25) is 0 Å². The van der Waals surface area contributed by atoms with E-state index < -0.39 is 80.5 Å². The minimum absolute atomic E-state index is 0.0142. The van der Waals surface area contributed by atoms with E-state index in [-0.39, 0.29) is 51.7 Å². The van der Waals surface area contributed by atoms with Gasteiger partial charge in [0.1, 0.15) is 29.2 Å². The van der Waals surface area contributed by atoms with Crippen LogP contribution in [-0.4, -0.2) is 108 Å². The van der Waals surface area contributed by atoms with Crippen LogP contribution in [0, 0.1) is 24.7 Å². The van der Waals surface area contributed by atoms with Crippen molar-refractivity contribution >= 4 is 44.6 Å². The summed E-state index contributed by atoms with van der Waals surface area (Å²) in [6.45, 7) is 1.65. The summed E-state index contributed by atoms with van der Waals surface area (Å²) in [5.41, 5.74) is 0.860. The molecule has 2 saturated heterocycles. The quantitative estimate of drug-likeness (QED) is 0.251. The predicted octanol–water partition coefficient (Wildman–Crippen LogP) is 5.77. The second-order valence-corrected chi connectivity index (χ2v) is 19.6. The molecule has 2 aliphatic carbocycles. The number of sulfonamides is 1. The van der Waals surface area contributed by atoms with Gasteiger partial charge in [0.05, 0.1) is 41.7 Å². The van der Waals surface area contributed by atoms with Crippen LogP contribution in [0.15, 0.2) is 54.7 Å². The molecular weight excluding hydrogens is 842 g/mol. The van der Waals surface area contributed by atoms with Gasteiger partial charge in [-0.15, -0.1) is 0 Å². The summed E-state index contributed by atoms with van der Waals surface area (Å²) >= 11 is 0. The number of pyridine rings is 2. The van der Waals surface area contributed by atoms with E-state index in [1.54, 1.807) is 31.5 Å². The lowest BCUT2D eigenvalue weighted by atomic mass is 9.92. The van der Waals surface area contributed by atoms with E-state index in [1.807, 2.05) is 37.3 Å². The van der Waals surface area contributed by atoms with Crippen LogP contribution in [0.1, 0.15) is 82.6 Å². The van der Waals surface area contributed by atoms with Crippen LogP contribution in [0.3, 0.4) is 0 Å². The molecule has 4 fully saturated rings. The second-order valence-electron chi connectivity index (χ2n) is 17.6. The molecule has 0 spiro atoms. The number of amides is 4. The molecule has 0 radical (unpaired) electrons. The molecule has 5 aliphatic rings. The van der Waals surface area contributed by atoms with Gasteiger partial charge in [-0.1, -0.05) is 31.1 Å². The number of methoxy groups -OCH3 is 1. The Balaban J connectivity index is 1.12. The number of halogens is 3. The van der Waals surface area contributed by atoms with E-state index in [0.29, 0.717) is 72.3 Å². The molecule has 2 saturated carbocycles. The molecule has 5 atom stereocenters. The maximum absolute atomic E-state index is 14.9. The number of benzene rings is 1. The van der Waals surface area contributed by atoms with E-state index in [4.69, 9.17) is 14.5 Å². The first kappa shape index (κ1) is 44.4. The minimum Gasteiger partial charge on any atom is -0.496 e. The first-order valence-electron chi connectivity index (χ1n) is 21.8. The van der Waals surface area contributed by atoms with Crippen LogP contribution < -0.4 is 19.5 Å². The molecule has 18 heteroatoms. The van der Waals surface area contributed by atoms with Crippen molar-refractivity contribution in [3.8, 4) is 22.9 Å². The van der Waals surface area contributed by atoms with E-state index >= 15 is 0 Å². The number of piperidine rings is 1. The minimum atomic E-state index is -4.35. The normalized spacial score (nSPS) is 26.7. The number of hydrogen-bond acceptors (Lipinski definition) is 10. The van der Waals surface area contributed by atoms with E-state index in [9.17, 15) is 40.8 Å². The summed E-state index contributed by atoms with van der Waals surface area (Å²) in [6.07, 6.45) is 3.57. The molecule has 8 rings (SSSR count). The van der Waals surface area contributed by atoms with Crippen molar-refractivity contribution in [2.24, 2.45) is 17.8 Å². The lowest BCUT2D eigenvalue weighted by Gasteiger charge is -2.34. The molecule has 4 amide bonds. The highest BCUT2D eigenvalue weighted by atomic mass is 32.2. The summed E-state index contributed by atoms with van der Waals surface area (Å²) < 4.78 is 80.9. The Morgan fingerprint density at radius 3 is 2.48 bits per heavy atom. The zero-order chi connectivity index (χ0) is 44.7. The van der Waals surface area contributed by atoms with Gasteiger partial charge in [-0.05, 0) is 82.6 Å². The topological polar surface area (TPSA) is 177 Å². The van der Waals surface area contributed by atoms with Crippen LogP contribution >= 0.6 is 0 Å². The van der Waals surface area contributed by atoms with Crippen LogP contribution in [0.5, 0.6) is 11.5 Å². The summed E-state index contributed by atoms with van der Waals surface area (Å²) in [5, 5.41) is 2.85. The van der Waals surface area contributed by atoms with Crippen molar-refractivity contribution < 1.29 is 50.2 Å². The van der Waals surface area contributed by atoms with Crippen molar-refractivity contribution in [2.45, 2.75) is 113 Å². The van der Waals surface area contributed by atoms with E-state index in [1.165, 1.54) is 9.80 Å². The molecule has 63 heavy (non-hydrogen) atoms. The van der Waals surface area contributed by atoms with Gasteiger partial charge in [0.15, 0.2) is 0 Å². The van der Waals surface area contributed by atoms with Crippen molar-refractivity contribution in [1.29, 1.82) is 0 Å². The zero-order valence-corrected chi connectivity index (χ0v) is 36.2. The van der Waals surface area contributed by atoms with Crippen molar-refractivity contribution in [3.63, 3.8) is 0 Å². The predicted molar refractivity (Wildman–Crippen MR) is 226 cm³/mol. The molecule has 338 valence electrons. The van der Waals surface area contributed by atoms with Gasteiger partial charge < -0.3 is 24.6 Å². The van der Waals surface area contributed by atoms with E-state index in [0.717, 1.165) is 12.0 Å². The lowest BCUT2D eigenvalue weighted by molar-refractivity contribution is -0.186. The fourth-order valence-corrected chi connectivity index (χ4v) is 10.7. The largest absolute Gasteiger partial charge is 0.496 e. The summed E-state index contributed by atoms with van der Waals surface area (Å²) in [5.74, 6) is -4.27. The Kier molecular flexibility index (Phi) is 12.5. The first-order chi connectivity index (χ1) is 30.1. The number of alkyl halides is 3. The standard InChI is InChI=1S/C45H53F3N6O8S/c1-27-37(61-2)16-15-33-38(24-35(50-40(27)33)34-12-8-9-19-49-34)62-31-23-36-41(56)51-44(43(58)52-63(59,60)32-13-14-32)25-30(44)11-7-5-3-4-6-10-28(42(57)54(36)26-31)22-39(55)53-20-17-29(18-21-53)45(46,47)48/h7-9,11-12,15-16,19,24,28-32,36H,3-6,10,13-14,17-18,20-23,25-26H2,1-2H3,(H,51,56)(H,52,58)/b11-7-/t28-,30-,31-,36+,44-/m1/s1. The molecule has 14 nitrogen and oxygen atoms in total. The number of ether oxygens (including phenoxy) is 2. The third-order valence-corrected chi connectivity index (χ3v) is 15.1. The SMILES string of the molecule is COc1ccc2c(O[C@@H]3C[C@H]4C(=O)N[C@]5(C(=O)NS(=O)(=O)C6CC6)C[C@H]5/C=C\CCCCC[C@H](CC(=O)N5CCC(C(F)(F)F)CC5)C(=O)N4C3)cc(-c3ccccn3)nc2c1C. The van der Waals surface area contributed by atoms with Crippen LogP contribution in [0.25, 0.3) is 22.3 Å². The molecule has 5 heterocycles. The molecular formula is C45H53F3N6O8S. The number of carbonyl (C=O) groups is 4. The van der Waals surface area contributed by atoms with Crippen molar-refractivity contribution in [3.05, 3.63) is 60.3 Å². The summed E-state index contributed by atoms with van der Waals surface area (Å²) in [7, 11) is -2.39. The van der Waals surface area contributed by atoms with Gasteiger partial charge in [-0.3, -0.25) is 28.9 Å². The number of allylic oxidation sites excluding steroid dienone is 1. The molecule has 0 unspecified atom stereocenters. The Hall–Kier alpha value is -5.26. The number of likely N-dealkylation sites (tertiary alicyclic amines) is 1. The molecule has 3 aliphatic heterocycles. The number of aromatic nitrogens is 2. The number of nitrogens with zero attached hydrogens (tertiary/aromatic N) is 4. The molecule has 3 aromatic rings. The first-order valence-corrected chi connectivity index (χ1v) is 23.4. The fraction of sp³-hybridized carbons (Fsp3) is 0.556. The third kappa shape index (κ3) is 9.51. The number of carbonyl (C=O) groups excluding carboxylic acids is 4. The van der Waals surface area contributed by atoms with Gasteiger partial charge >= 0.3 is 6.18 Å². The Morgan fingerprint density at radius 2 is 1.78 bits per heavy atom. The third-order valence-electron chi connectivity index (χ3n) is 13.3. The highest BCUT2D eigenvalue weighted by molar-refractivity contribution is 7.91. The Morgan fingerprint density at radius 1 is 1.00 bits per heavy atom. The Labute approximate surface area is 364 Å². The van der Waals surface area contributed by atoms with Gasteiger partial charge in [-0.25, -0.2) is 13.4 Å². The van der Waals surface area contributed by atoms with Crippen LogP contribution in [0.4, 0.5) is 13.2 Å². The number of rotatable bonds is 9. The molecule has 2 aromatic heterocycles. The second kappa shape index (κ2) is 17.7. The summed E-state index contributed by atoms with van der Waals surface area (Å²) in [4.78, 5) is 69.4. The highest BCUT2D eigenvalue weighted by Crippen LogP contribution is 2.46. The zero-order valence-electron chi connectivity index (χ0n) is 35.4. The smallest absolute Gasteiger partial charge is 0.391 e.